The average Bonchev–Trinajstić information content (AvgIpc) is 2.95. The van der Waals surface area contributed by atoms with Gasteiger partial charge in [0, 0.05) is 0 Å². The average molecular weight is 309 g/mol. The van der Waals surface area contributed by atoms with Crippen LogP contribution in [0.2, 0.25) is 0 Å². The van der Waals surface area contributed by atoms with Crippen molar-refractivity contribution in [3.63, 3.8) is 0 Å². The molecular formula is C18H15NO4. The van der Waals surface area contributed by atoms with E-state index in [-0.39, 0.29) is 11.6 Å². The normalized spacial score (nSPS) is 15.3. The number of aliphatic imine (C=N–C) groups is 1. The van der Waals surface area contributed by atoms with E-state index in [2.05, 4.69) is 4.99 Å². The summed E-state index contributed by atoms with van der Waals surface area (Å²) in [6, 6.07) is 14.6. The van der Waals surface area contributed by atoms with E-state index in [0.29, 0.717) is 17.1 Å². The van der Waals surface area contributed by atoms with Gasteiger partial charge in [-0.2, -0.15) is 0 Å². The zero-order chi connectivity index (χ0) is 16.2. The third kappa shape index (κ3) is 3.08. The quantitative estimate of drug-likeness (QED) is 0.643. The van der Waals surface area contributed by atoms with Gasteiger partial charge in [0.25, 0.3) is 0 Å². The molecule has 0 N–H and O–H groups in total. The molecular weight excluding hydrogens is 294 g/mol. The van der Waals surface area contributed by atoms with Gasteiger partial charge in [-0.15, -0.1) is 0 Å². The van der Waals surface area contributed by atoms with Crippen LogP contribution in [0, 0.1) is 0 Å². The van der Waals surface area contributed by atoms with Crippen LogP contribution >= 0.6 is 0 Å². The van der Waals surface area contributed by atoms with E-state index in [4.69, 9.17) is 14.2 Å². The minimum Gasteiger partial charge on any atom is -0.497 e. The fourth-order valence-electron chi connectivity index (χ4n) is 2.23. The lowest BCUT2D eigenvalue weighted by Gasteiger charge is -2.05. The van der Waals surface area contributed by atoms with Crippen LogP contribution in [-0.4, -0.2) is 26.1 Å². The molecule has 116 valence electrons. The van der Waals surface area contributed by atoms with Crippen molar-refractivity contribution in [2.45, 2.75) is 0 Å². The Morgan fingerprint density at radius 2 is 1.87 bits per heavy atom. The van der Waals surface area contributed by atoms with Crippen molar-refractivity contribution in [2.75, 3.05) is 14.2 Å². The van der Waals surface area contributed by atoms with E-state index in [1.807, 2.05) is 36.4 Å². The summed E-state index contributed by atoms with van der Waals surface area (Å²) in [4.78, 5) is 16.3. The maximum atomic E-state index is 12.0. The molecule has 0 atom stereocenters. The molecule has 0 saturated carbocycles. The van der Waals surface area contributed by atoms with Crippen molar-refractivity contribution in [1.82, 2.24) is 0 Å². The molecule has 0 amide bonds. The number of para-hydroxylation sites is 1. The Labute approximate surface area is 133 Å². The van der Waals surface area contributed by atoms with Gasteiger partial charge in [0.1, 0.15) is 11.5 Å². The van der Waals surface area contributed by atoms with Gasteiger partial charge >= 0.3 is 5.97 Å². The number of nitrogens with zero attached hydrogens (tertiary/aromatic N) is 1. The van der Waals surface area contributed by atoms with E-state index in [9.17, 15) is 4.79 Å². The van der Waals surface area contributed by atoms with Crippen molar-refractivity contribution in [3.8, 4) is 11.5 Å². The number of carbonyl (C=O) groups excluding carboxylic acids is 1. The van der Waals surface area contributed by atoms with Gasteiger partial charge in [-0.1, -0.05) is 24.3 Å². The number of hydrogen-bond donors (Lipinski definition) is 0. The summed E-state index contributed by atoms with van der Waals surface area (Å²) < 4.78 is 15.7. The van der Waals surface area contributed by atoms with Crippen molar-refractivity contribution in [3.05, 3.63) is 65.4 Å². The predicted molar refractivity (Wildman–Crippen MR) is 86.6 cm³/mol. The first-order chi connectivity index (χ1) is 11.2. The first kappa shape index (κ1) is 14.8. The summed E-state index contributed by atoms with van der Waals surface area (Å²) in [6.45, 7) is 0. The second kappa shape index (κ2) is 6.36. The SMILES string of the molecule is COc1cccc(/C=C2\N=C(c3ccccc3OC)OC2=O)c1. The molecule has 1 aliphatic heterocycles. The lowest BCUT2D eigenvalue weighted by Crippen LogP contribution is -2.06. The number of rotatable bonds is 4. The number of hydrogen-bond acceptors (Lipinski definition) is 5. The molecule has 1 heterocycles. The van der Waals surface area contributed by atoms with Crippen molar-refractivity contribution in [1.29, 1.82) is 0 Å². The van der Waals surface area contributed by atoms with Crippen LogP contribution in [0.3, 0.4) is 0 Å². The lowest BCUT2D eigenvalue weighted by atomic mass is 10.2. The Morgan fingerprint density at radius 1 is 1.04 bits per heavy atom. The predicted octanol–water partition coefficient (Wildman–Crippen LogP) is 3.05. The summed E-state index contributed by atoms with van der Waals surface area (Å²) in [5.41, 5.74) is 1.68. The van der Waals surface area contributed by atoms with Crippen LogP contribution in [0.25, 0.3) is 6.08 Å². The Bertz CT molecular complexity index is 808. The smallest absolute Gasteiger partial charge is 0.363 e. The molecule has 2 aromatic rings. The molecule has 0 aliphatic carbocycles. The molecule has 0 saturated heterocycles. The number of esters is 1. The molecule has 3 rings (SSSR count). The second-order valence-electron chi connectivity index (χ2n) is 4.81. The molecule has 23 heavy (non-hydrogen) atoms. The van der Waals surface area contributed by atoms with E-state index >= 15 is 0 Å². The van der Waals surface area contributed by atoms with Crippen LogP contribution in [0.1, 0.15) is 11.1 Å². The number of benzene rings is 2. The third-order valence-corrected chi connectivity index (χ3v) is 3.36. The summed E-state index contributed by atoms with van der Waals surface area (Å²) >= 11 is 0. The highest BCUT2D eigenvalue weighted by Gasteiger charge is 2.26. The molecule has 0 aromatic heterocycles. The summed E-state index contributed by atoms with van der Waals surface area (Å²) in [6.07, 6.45) is 1.66. The largest absolute Gasteiger partial charge is 0.497 e. The van der Waals surface area contributed by atoms with Gasteiger partial charge in [0.2, 0.25) is 5.90 Å². The third-order valence-electron chi connectivity index (χ3n) is 3.36. The highest BCUT2D eigenvalue weighted by molar-refractivity contribution is 6.13. The zero-order valence-electron chi connectivity index (χ0n) is 12.8. The number of cyclic esters (lactones) is 1. The van der Waals surface area contributed by atoms with E-state index < -0.39 is 5.97 Å². The van der Waals surface area contributed by atoms with Gasteiger partial charge < -0.3 is 14.2 Å². The minimum atomic E-state index is -0.492. The van der Waals surface area contributed by atoms with Crippen molar-refractivity contribution < 1.29 is 19.0 Å². The van der Waals surface area contributed by atoms with Gasteiger partial charge in [-0.3, -0.25) is 0 Å². The lowest BCUT2D eigenvalue weighted by molar-refractivity contribution is -0.129. The number of methoxy groups -OCH3 is 2. The highest BCUT2D eigenvalue weighted by Crippen LogP contribution is 2.25. The first-order valence-electron chi connectivity index (χ1n) is 7.01. The van der Waals surface area contributed by atoms with Crippen LogP contribution < -0.4 is 9.47 Å². The topological polar surface area (TPSA) is 57.1 Å². The van der Waals surface area contributed by atoms with Crippen LogP contribution in [0.15, 0.2) is 59.2 Å². The fourth-order valence-corrected chi connectivity index (χ4v) is 2.23. The molecule has 2 aromatic carbocycles. The summed E-state index contributed by atoms with van der Waals surface area (Å²) in [5, 5.41) is 0. The molecule has 5 heteroatoms. The first-order valence-corrected chi connectivity index (χ1v) is 7.01. The van der Waals surface area contributed by atoms with Gasteiger partial charge in [0.15, 0.2) is 5.70 Å². The Kier molecular flexibility index (Phi) is 4.10. The molecule has 0 radical (unpaired) electrons. The Balaban J connectivity index is 1.96. The Hall–Kier alpha value is -3.08. The summed E-state index contributed by atoms with van der Waals surface area (Å²) in [7, 11) is 3.15. The monoisotopic (exact) mass is 309 g/mol. The summed E-state index contributed by atoms with van der Waals surface area (Å²) in [5.74, 6) is 1.05. The van der Waals surface area contributed by atoms with E-state index in [0.717, 1.165) is 5.56 Å². The highest BCUT2D eigenvalue weighted by atomic mass is 16.6. The zero-order valence-corrected chi connectivity index (χ0v) is 12.8. The van der Waals surface area contributed by atoms with Crippen molar-refractivity contribution >= 4 is 17.9 Å². The maximum Gasteiger partial charge on any atom is 0.363 e. The standard InChI is InChI=1S/C18H15NO4/c1-21-13-7-5-6-12(10-13)11-15-18(20)23-17(19-15)14-8-3-4-9-16(14)22-2/h3-11H,1-2H3/b15-11-. The van der Waals surface area contributed by atoms with Crippen molar-refractivity contribution in [2.24, 2.45) is 4.99 Å². The molecule has 0 unspecified atom stereocenters. The fraction of sp³-hybridized carbons (Fsp3) is 0.111. The Morgan fingerprint density at radius 3 is 2.65 bits per heavy atom. The molecule has 0 spiro atoms. The van der Waals surface area contributed by atoms with Gasteiger partial charge in [0.05, 0.1) is 19.8 Å². The van der Waals surface area contributed by atoms with Gasteiger partial charge in [-0.25, -0.2) is 9.79 Å². The molecule has 0 bridgehead atoms. The minimum absolute atomic E-state index is 0.235. The second-order valence-corrected chi connectivity index (χ2v) is 4.81. The van der Waals surface area contributed by atoms with E-state index in [1.165, 1.54) is 0 Å². The van der Waals surface area contributed by atoms with Crippen LogP contribution in [0.5, 0.6) is 11.5 Å². The van der Waals surface area contributed by atoms with E-state index in [1.54, 1.807) is 32.4 Å². The van der Waals surface area contributed by atoms with Crippen LogP contribution in [0.4, 0.5) is 0 Å². The van der Waals surface area contributed by atoms with Gasteiger partial charge in [-0.05, 0) is 35.9 Å². The number of carbonyl (C=O) groups is 1. The maximum absolute atomic E-state index is 12.0. The van der Waals surface area contributed by atoms with Crippen LogP contribution in [-0.2, 0) is 9.53 Å². The molecule has 1 aliphatic rings. The number of ether oxygens (including phenoxy) is 3. The molecule has 0 fully saturated rings. The molecule has 5 nitrogen and oxygen atoms in total.